The molecule has 0 aliphatic heterocycles. The van der Waals surface area contributed by atoms with E-state index < -0.39 is 10.0 Å². The Bertz CT molecular complexity index is 1130. The smallest absolute Gasteiger partial charge is 0.261 e. The molecule has 0 aromatic heterocycles. The number of methoxy groups -OCH3 is 1. The maximum atomic E-state index is 12.5. The van der Waals surface area contributed by atoms with Gasteiger partial charge in [-0.3, -0.25) is 9.52 Å². The molecule has 7 nitrogen and oxygen atoms in total. The fraction of sp³-hybridized carbons (Fsp3) is 0.174. The van der Waals surface area contributed by atoms with Gasteiger partial charge in [-0.2, -0.15) is 0 Å². The number of aryl methyl sites for hydroxylation is 1. The molecular weight excluding hydrogens is 416 g/mol. The van der Waals surface area contributed by atoms with E-state index in [1.807, 2.05) is 6.92 Å². The topological polar surface area (TPSA) is 93.7 Å². The van der Waals surface area contributed by atoms with E-state index in [2.05, 4.69) is 10.0 Å². The molecule has 8 heteroatoms. The molecule has 0 fully saturated rings. The number of nitrogens with one attached hydrogen (secondary N) is 2. The molecule has 0 bridgehead atoms. The minimum atomic E-state index is -3.74. The number of sulfonamides is 1. The average molecular weight is 441 g/mol. The number of hydrogen-bond acceptors (Lipinski definition) is 5. The van der Waals surface area contributed by atoms with Gasteiger partial charge in [0.1, 0.15) is 18.1 Å². The van der Waals surface area contributed by atoms with Crippen LogP contribution in [0.5, 0.6) is 11.5 Å². The van der Waals surface area contributed by atoms with Gasteiger partial charge in [-0.05, 0) is 61.5 Å². The molecule has 0 atom stereocenters. The zero-order valence-corrected chi connectivity index (χ0v) is 18.1. The van der Waals surface area contributed by atoms with Crippen molar-refractivity contribution < 1.29 is 22.7 Å². The third kappa shape index (κ3) is 6.23. The highest BCUT2D eigenvalue weighted by Gasteiger charge is 2.15. The van der Waals surface area contributed by atoms with E-state index in [4.69, 9.17) is 9.47 Å². The molecule has 1 amide bonds. The van der Waals surface area contributed by atoms with Crippen LogP contribution in [0, 0.1) is 6.92 Å². The van der Waals surface area contributed by atoms with Gasteiger partial charge in [0.2, 0.25) is 0 Å². The minimum absolute atomic E-state index is 0.156. The van der Waals surface area contributed by atoms with E-state index in [1.54, 1.807) is 61.7 Å². The zero-order chi connectivity index (χ0) is 22.3. The molecule has 3 aromatic rings. The summed E-state index contributed by atoms with van der Waals surface area (Å²) in [4.78, 5) is 12.6. The van der Waals surface area contributed by atoms with Gasteiger partial charge in [0.25, 0.3) is 15.9 Å². The zero-order valence-electron chi connectivity index (χ0n) is 17.3. The second-order valence-corrected chi connectivity index (χ2v) is 8.46. The van der Waals surface area contributed by atoms with Crippen molar-refractivity contribution in [2.45, 2.75) is 11.8 Å². The molecule has 3 aromatic carbocycles. The van der Waals surface area contributed by atoms with Crippen LogP contribution in [0.25, 0.3) is 0 Å². The van der Waals surface area contributed by atoms with Crippen molar-refractivity contribution in [3.05, 3.63) is 83.9 Å². The second-order valence-electron chi connectivity index (χ2n) is 6.78. The van der Waals surface area contributed by atoms with Crippen molar-refractivity contribution in [3.8, 4) is 11.5 Å². The van der Waals surface area contributed by atoms with Crippen molar-refractivity contribution in [2.75, 3.05) is 25.0 Å². The van der Waals surface area contributed by atoms with E-state index in [9.17, 15) is 13.2 Å². The molecule has 0 aliphatic rings. The lowest BCUT2D eigenvalue weighted by atomic mass is 10.2. The summed E-state index contributed by atoms with van der Waals surface area (Å²) in [7, 11) is -2.15. The van der Waals surface area contributed by atoms with Gasteiger partial charge < -0.3 is 14.8 Å². The Kier molecular flexibility index (Phi) is 7.15. The SMILES string of the molecule is COc1ccc(OCCNC(=O)c2cccc(NS(=O)(=O)c3ccc(C)cc3)c2)cc1. The minimum Gasteiger partial charge on any atom is -0.497 e. The molecule has 0 unspecified atom stereocenters. The maximum Gasteiger partial charge on any atom is 0.261 e. The van der Waals surface area contributed by atoms with Gasteiger partial charge in [0, 0.05) is 11.3 Å². The highest BCUT2D eigenvalue weighted by molar-refractivity contribution is 7.92. The molecule has 162 valence electrons. The van der Waals surface area contributed by atoms with Crippen LogP contribution in [0.1, 0.15) is 15.9 Å². The first kappa shape index (κ1) is 22.2. The Hall–Kier alpha value is -3.52. The van der Waals surface area contributed by atoms with E-state index in [0.29, 0.717) is 23.5 Å². The largest absolute Gasteiger partial charge is 0.497 e. The molecule has 0 saturated heterocycles. The Balaban J connectivity index is 1.55. The van der Waals surface area contributed by atoms with Gasteiger partial charge in [0.15, 0.2) is 0 Å². The van der Waals surface area contributed by atoms with Crippen molar-refractivity contribution in [1.82, 2.24) is 5.32 Å². The quantitative estimate of drug-likeness (QED) is 0.496. The Morgan fingerprint density at radius 3 is 2.29 bits per heavy atom. The number of carbonyl (C=O) groups is 1. The average Bonchev–Trinajstić information content (AvgIpc) is 2.77. The van der Waals surface area contributed by atoms with E-state index in [0.717, 1.165) is 11.3 Å². The number of benzene rings is 3. The second kappa shape index (κ2) is 9.99. The van der Waals surface area contributed by atoms with Crippen molar-refractivity contribution in [1.29, 1.82) is 0 Å². The van der Waals surface area contributed by atoms with Crippen LogP contribution in [-0.4, -0.2) is 34.6 Å². The summed E-state index contributed by atoms with van der Waals surface area (Å²) >= 11 is 0. The lowest BCUT2D eigenvalue weighted by Gasteiger charge is -2.11. The lowest BCUT2D eigenvalue weighted by Crippen LogP contribution is -2.28. The summed E-state index contributed by atoms with van der Waals surface area (Å²) in [5.41, 5.74) is 1.62. The molecule has 0 radical (unpaired) electrons. The summed E-state index contributed by atoms with van der Waals surface area (Å²) in [6, 6.07) is 20.0. The van der Waals surface area contributed by atoms with E-state index in [-0.39, 0.29) is 17.4 Å². The summed E-state index contributed by atoms with van der Waals surface area (Å²) in [6.45, 7) is 2.47. The molecule has 31 heavy (non-hydrogen) atoms. The van der Waals surface area contributed by atoms with Gasteiger partial charge in [-0.25, -0.2) is 8.42 Å². The van der Waals surface area contributed by atoms with Gasteiger partial charge >= 0.3 is 0 Å². The lowest BCUT2D eigenvalue weighted by molar-refractivity contribution is 0.0947. The monoisotopic (exact) mass is 440 g/mol. The van der Waals surface area contributed by atoms with Crippen molar-refractivity contribution in [2.24, 2.45) is 0 Å². The van der Waals surface area contributed by atoms with Crippen LogP contribution in [0.2, 0.25) is 0 Å². The number of amides is 1. The highest BCUT2D eigenvalue weighted by atomic mass is 32.2. The van der Waals surface area contributed by atoms with E-state index >= 15 is 0 Å². The first-order chi connectivity index (χ1) is 14.9. The van der Waals surface area contributed by atoms with Gasteiger partial charge in [-0.15, -0.1) is 0 Å². The van der Waals surface area contributed by atoms with Gasteiger partial charge in [-0.1, -0.05) is 23.8 Å². The predicted molar refractivity (Wildman–Crippen MR) is 119 cm³/mol. The Morgan fingerprint density at radius 2 is 1.61 bits per heavy atom. The van der Waals surface area contributed by atoms with Crippen LogP contribution in [0.4, 0.5) is 5.69 Å². The standard InChI is InChI=1S/C23H24N2O5S/c1-17-6-12-22(13-7-17)31(27,28)25-19-5-3-4-18(16-19)23(26)24-14-15-30-21-10-8-20(29-2)9-11-21/h3-13,16,25H,14-15H2,1-2H3,(H,24,26). The van der Waals surface area contributed by atoms with Crippen LogP contribution in [0.3, 0.4) is 0 Å². The molecule has 0 saturated carbocycles. The first-order valence-electron chi connectivity index (χ1n) is 9.62. The Morgan fingerprint density at radius 1 is 0.935 bits per heavy atom. The third-order valence-electron chi connectivity index (χ3n) is 4.42. The fourth-order valence-electron chi connectivity index (χ4n) is 2.76. The summed E-state index contributed by atoms with van der Waals surface area (Å²) in [5.74, 6) is 1.08. The molecular formula is C23H24N2O5S. The highest BCUT2D eigenvalue weighted by Crippen LogP contribution is 2.18. The van der Waals surface area contributed by atoms with E-state index in [1.165, 1.54) is 18.2 Å². The molecule has 0 heterocycles. The van der Waals surface area contributed by atoms with Crippen LogP contribution in [-0.2, 0) is 10.0 Å². The van der Waals surface area contributed by atoms with Crippen LogP contribution >= 0.6 is 0 Å². The summed E-state index contributed by atoms with van der Waals surface area (Å²) in [5, 5.41) is 2.75. The normalized spacial score (nSPS) is 10.9. The number of rotatable bonds is 9. The fourth-order valence-corrected chi connectivity index (χ4v) is 3.81. The number of hydrogen-bond donors (Lipinski definition) is 2. The van der Waals surface area contributed by atoms with Gasteiger partial charge in [0.05, 0.1) is 18.6 Å². The molecule has 0 spiro atoms. The first-order valence-corrected chi connectivity index (χ1v) is 11.1. The molecule has 3 rings (SSSR count). The van der Waals surface area contributed by atoms with Crippen LogP contribution in [0.15, 0.2) is 77.7 Å². The maximum absolute atomic E-state index is 12.5. The third-order valence-corrected chi connectivity index (χ3v) is 5.82. The van der Waals surface area contributed by atoms with Crippen molar-refractivity contribution in [3.63, 3.8) is 0 Å². The van der Waals surface area contributed by atoms with Crippen molar-refractivity contribution >= 4 is 21.6 Å². The summed E-state index contributed by atoms with van der Waals surface area (Å²) < 4.78 is 38.3. The Labute approximate surface area is 182 Å². The number of carbonyl (C=O) groups excluding carboxylic acids is 1. The number of anilines is 1. The van der Waals surface area contributed by atoms with Crippen LogP contribution < -0.4 is 19.5 Å². The number of ether oxygens (including phenoxy) is 2. The molecule has 2 N–H and O–H groups in total. The molecule has 0 aliphatic carbocycles. The predicted octanol–water partition coefficient (Wildman–Crippen LogP) is 3.61. The summed E-state index contributed by atoms with van der Waals surface area (Å²) in [6.07, 6.45) is 0.